The summed E-state index contributed by atoms with van der Waals surface area (Å²) < 4.78 is 5.42. The average molecular weight is 337 g/mol. The van der Waals surface area contributed by atoms with Gasteiger partial charge in [-0.3, -0.25) is 10.00 Å². The normalized spacial score (nSPS) is 14.5. The van der Waals surface area contributed by atoms with Crippen molar-refractivity contribution < 1.29 is 4.74 Å². The van der Waals surface area contributed by atoms with Gasteiger partial charge in [-0.2, -0.15) is 5.10 Å². The van der Waals surface area contributed by atoms with Gasteiger partial charge >= 0.3 is 0 Å². The molecule has 0 aliphatic carbocycles. The zero-order valence-corrected chi connectivity index (χ0v) is 14.9. The van der Waals surface area contributed by atoms with E-state index in [0.29, 0.717) is 0 Å². The number of fused-ring (bicyclic) bond motifs is 1. The maximum atomic E-state index is 5.42. The van der Waals surface area contributed by atoms with Gasteiger partial charge < -0.3 is 9.72 Å². The van der Waals surface area contributed by atoms with Gasteiger partial charge in [0.25, 0.3) is 0 Å². The van der Waals surface area contributed by atoms with Crippen LogP contribution >= 0.6 is 0 Å². The molecule has 0 radical (unpaired) electrons. The lowest BCUT2D eigenvalue weighted by atomic mass is 10.0. The summed E-state index contributed by atoms with van der Waals surface area (Å²) in [4.78, 5) is 10.7. The molecule has 0 atom stereocenters. The molecule has 0 amide bonds. The van der Waals surface area contributed by atoms with Crippen molar-refractivity contribution in [2.75, 3.05) is 13.7 Å². The molecule has 0 bridgehead atoms. The Morgan fingerprint density at radius 3 is 2.88 bits per heavy atom. The Labute approximate surface area is 147 Å². The van der Waals surface area contributed by atoms with Crippen molar-refractivity contribution in [1.29, 1.82) is 0 Å². The van der Waals surface area contributed by atoms with Gasteiger partial charge in [-0.05, 0) is 36.6 Å². The molecule has 25 heavy (non-hydrogen) atoms. The van der Waals surface area contributed by atoms with Crippen molar-refractivity contribution in [2.45, 2.75) is 33.4 Å². The van der Waals surface area contributed by atoms with Crippen LogP contribution in [0, 0.1) is 13.8 Å². The van der Waals surface area contributed by atoms with Gasteiger partial charge in [0.2, 0.25) is 0 Å². The number of rotatable bonds is 4. The minimum absolute atomic E-state index is 0.894. The van der Waals surface area contributed by atoms with Crippen LogP contribution in [0.1, 0.15) is 28.1 Å². The maximum absolute atomic E-state index is 5.42. The molecule has 0 saturated carbocycles. The fraction of sp³-hybridized carbons (Fsp3) is 0.368. The van der Waals surface area contributed by atoms with Crippen LogP contribution in [-0.4, -0.2) is 38.7 Å². The van der Waals surface area contributed by atoms with E-state index in [-0.39, 0.29) is 0 Å². The Morgan fingerprint density at radius 2 is 2.12 bits per heavy atom. The highest BCUT2D eigenvalue weighted by atomic mass is 16.5. The van der Waals surface area contributed by atoms with Crippen LogP contribution in [0.5, 0.6) is 5.75 Å². The Kier molecular flexibility index (Phi) is 4.05. The van der Waals surface area contributed by atoms with Gasteiger partial charge in [0.05, 0.1) is 30.3 Å². The number of hydrogen-bond donors (Lipinski definition) is 2. The van der Waals surface area contributed by atoms with E-state index in [9.17, 15) is 0 Å². The lowest BCUT2D eigenvalue weighted by Crippen LogP contribution is -2.30. The average Bonchev–Trinajstić information content (AvgIpc) is 3.28. The molecule has 0 fully saturated rings. The first-order chi connectivity index (χ1) is 12.2. The third-order valence-electron chi connectivity index (χ3n) is 5.15. The third-order valence-corrected chi connectivity index (χ3v) is 5.15. The van der Waals surface area contributed by atoms with E-state index in [0.717, 1.165) is 43.2 Å². The quantitative estimate of drug-likeness (QED) is 0.768. The lowest BCUT2D eigenvalue weighted by Gasteiger charge is -2.27. The summed E-state index contributed by atoms with van der Waals surface area (Å²) in [6.07, 6.45) is 4.63. The number of aromatic amines is 2. The molecule has 6 nitrogen and oxygen atoms in total. The molecule has 0 unspecified atom stereocenters. The van der Waals surface area contributed by atoms with E-state index in [2.05, 4.69) is 46.1 Å². The van der Waals surface area contributed by atoms with Gasteiger partial charge in [0.1, 0.15) is 11.6 Å². The highest BCUT2D eigenvalue weighted by Gasteiger charge is 2.21. The Morgan fingerprint density at radius 1 is 1.24 bits per heavy atom. The number of aromatic nitrogens is 4. The number of hydrogen-bond acceptors (Lipinski definition) is 4. The van der Waals surface area contributed by atoms with Crippen molar-refractivity contribution in [2.24, 2.45) is 0 Å². The first kappa shape index (κ1) is 15.9. The zero-order chi connectivity index (χ0) is 17.4. The molecule has 2 N–H and O–H groups in total. The number of nitrogens with one attached hydrogen (secondary N) is 2. The summed E-state index contributed by atoms with van der Waals surface area (Å²) in [6, 6.07) is 4.25. The number of benzene rings is 1. The van der Waals surface area contributed by atoms with E-state index < -0.39 is 0 Å². The van der Waals surface area contributed by atoms with Crippen LogP contribution in [0.2, 0.25) is 0 Å². The fourth-order valence-corrected chi connectivity index (χ4v) is 3.49. The van der Waals surface area contributed by atoms with E-state index in [1.165, 1.54) is 28.1 Å². The standard InChI is InChI=1S/C19H23N5O/c1-12-13(2)18(25-3)5-4-14(12)10-24-7-6-16-17(11-24)23-19(22-16)15-8-20-21-9-15/h4-5,8-9H,6-7,10-11H2,1-3H3,(H,20,21)(H,22,23). The van der Waals surface area contributed by atoms with Crippen molar-refractivity contribution in [3.05, 3.63) is 52.6 Å². The smallest absolute Gasteiger partial charge is 0.141 e. The zero-order valence-electron chi connectivity index (χ0n) is 14.9. The first-order valence-electron chi connectivity index (χ1n) is 8.58. The second kappa shape index (κ2) is 6.37. The number of methoxy groups -OCH3 is 1. The van der Waals surface area contributed by atoms with Crippen molar-refractivity contribution in [3.8, 4) is 17.1 Å². The second-order valence-electron chi connectivity index (χ2n) is 6.64. The highest BCUT2D eigenvalue weighted by molar-refractivity contribution is 5.53. The minimum atomic E-state index is 0.894. The Balaban J connectivity index is 1.52. The van der Waals surface area contributed by atoms with E-state index in [4.69, 9.17) is 9.72 Å². The van der Waals surface area contributed by atoms with Gasteiger partial charge in [0, 0.05) is 32.3 Å². The largest absolute Gasteiger partial charge is 0.496 e. The van der Waals surface area contributed by atoms with E-state index in [1.54, 1.807) is 13.3 Å². The van der Waals surface area contributed by atoms with Gasteiger partial charge in [-0.15, -0.1) is 0 Å². The summed E-state index contributed by atoms with van der Waals surface area (Å²) in [5, 5.41) is 6.84. The number of nitrogens with zero attached hydrogens (tertiary/aromatic N) is 3. The summed E-state index contributed by atoms with van der Waals surface area (Å²) in [6.45, 7) is 7.15. The van der Waals surface area contributed by atoms with Crippen LogP contribution in [0.25, 0.3) is 11.4 Å². The molecule has 130 valence electrons. The molecule has 0 saturated heterocycles. The predicted octanol–water partition coefficient (Wildman–Crippen LogP) is 2.98. The van der Waals surface area contributed by atoms with Crippen LogP contribution in [-0.2, 0) is 19.5 Å². The molecule has 0 spiro atoms. The molecule has 3 aromatic rings. The Bertz CT molecular complexity index is 882. The van der Waals surface area contributed by atoms with Crippen molar-refractivity contribution >= 4 is 0 Å². The molecular weight excluding hydrogens is 314 g/mol. The lowest BCUT2D eigenvalue weighted by molar-refractivity contribution is 0.241. The third kappa shape index (κ3) is 2.93. The fourth-order valence-electron chi connectivity index (χ4n) is 3.49. The number of ether oxygens (including phenoxy) is 1. The second-order valence-corrected chi connectivity index (χ2v) is 6.64. The van der Waals surface area contributed by atoms with E-state index in [1.807, 2.05) is 6.20 Å². The summed E-state index contributed by atoms with van der Waals surface area (Å²) in [5.74, 6) is 1.86. The SMILES string of the molecule is COc1ccc(CN2CCc3nc(-c4cn[nH]c4)[nH]c3C2)c(C)c1C. The molecule has 4 rings (SSSR count). The van der Waals surface area contributed by atoms with Crippen LogP contribution in [0.15, 0.2) is 24.5 Å². The first-order valence-corrected chi connectivity index (χ1v) is 8.58. The summed E-state index contributed by atoms with van der Waals surface area (Å²) in [5.41, 5.74) is 7.29. The van der Waals surface area contributed by atoms with Crippen molar-refractivity contribution in [1.82, 2.24) is 25.1 Å². The molecule has 6 heteroatoms. The maximum Gasteiger partial charge on any atom is 0.141 e. The van der Waals surface area contributed by atoms with Crippen molar-refractivity contribution in [3.63, 3.8) is 0 Å². The predicted molar refractivity (Wildman–Crippen MR) is 96.5 cm³/mol. The molecule has 1 aliphatic rings. The van der Waals surface area contributed by atoms with Crippen LogP contribution < -0.4 is 4.74 Å². The monoisotopic (exact) mass is 337 g/mol. The van der Waals surface area contributed by atoms with Gasteiger partial charge in [0.15, 0.2) is 0 Å². The van der Waals surface area contributed by atoms with Crippen LogP contribution in [0.3, 0.4) is 0 Å². The van der Waals surface area contributed by atoms with E-state index >= 15 is 0 Å². The number of H-pyrrole nitrogens is 2. The molecule has 1 aromatic carbocycles. The molecule has 2 aromatic heterocycles. The summed E-state index contributed by atoms with van der Waals surface area (Å²) in [7, 11) is 1.73. The number of imidazole rings is 1. The molecular formula is C19H23N5O. The van der Waals surface area contributed by atoms with Gasteiger partial charge in [-0.1, -0.05) is 6.07 Å². The highest BCUT2D eigenvalue weighted by Crippen LogP contribution is 2.27. The summed E-state index contributed by atoms with van der Waals surface area (Å²) >= 11 is 0. The minimum Gasteiger partial charge on any atom is -0.496 e. The van der Waals surface area contributed by atoms with Gasteiger partial charge in [-0.25, -0.2) is 4.98 Å². The van der Waals surface area contributed by atoms with Crippen LogP contribution in [0.4, 0.5) is 0 Å². The Hall–Kier alpha value is -2.60. The molecule has 3 heterocycles. The topological polar surface area (TPSA) is 69.8 Å². The molecule has 1 aliphatic heterocycles.